The number of halogens is 3. The van der Waals surface area contributed by atoms with Crippen LogP contribution < -0.4 is 10.1 Å². The lowest BCUT2D eigenvalue weighted by molar-refractivity contribution is -0.0495. The van der Waals surface area contributed by atoms with Gasteiger partial charge < -0.3 is 9.47 Å². The molecular formula is C12H14F3NO3. The first-order chi connectivity index (χ1) is 8.67. The second kappa shape index (κ2) is 5.81. The Morgan fingerprint density at radius 3 is 2.47 bits per heavy atom. The molecular weight excluding hydrogens is 263 g/mol. The number of anilines is 1. The lowest BCUT2D eigenvalue weighted by atomic mass is 10.2. The molecule has 0 saturated carbocycles. The number of ether oxygens (including phenoxy) is 2. The zero-order valence-electron chi connectivity index (χ0n) is 10.7. The Balaban J connectivity index is 2.85. The van der Waals surface area contributed by atoms with Gasteiger partial charge in [-0.1, -0.05) is 0 Å². The Kier molecular flexibility index (Phi) is 4.63. The van der Waals surface area contributed by atoms with Gasteiger partial charge in [0.25, 0.3) is 0 Å². The predicted octanol–water partition coefficient (Wildman–Crippen LogP) is 3.77. The van der Waals surface area contributed by atoms with Crippen LogP contribution in [0.2, 0.25) is 0 Å². The van der Waals surface area contributed by atoms with Crippen LogP contribution >= 0.6 is 0 Å². The summed E-state index contributed by atoms with van der Waals surface area (Å²) in [5.74, 6) is -1.23. The lowest BCUT2D eigenvalue weighted by Gasteiger charge is -2.20. The van der Waals surface area contributed by atoms with Gasteiger partial charge in [-0.05, 0) is 32.9 Å². The molecule has 0 aliphatic rings. The van der Waals surface area contributed by atoms with Crippen LogP contribution in [0, 0.1) is 5.82 Å². The normalized spacial score (nSPS) is 11.3. The van der Waals surface area contributed by atoms with Crippen LogP contribution in [0.5, 0.6) is 5.75 Å². The van der Waals surface area contributed by atoms with Crippen molar-refractivity contribution in [2.45, 2.75) is 33.0 Å². The number of alkyl halides is 2. The smallest absolute Gasteiger partial charge is 0.412 e. The molecule has 1 rings (SSSR count). The van der Waals surface area contributed by atoms with Gasteiger partial charge in [-0.15, -0.1) is 0 Å². The largest absolute Gasteiger partial charge is 0.444 e. The number of amides is 1. The van der Waals surface area contributed by atoms with Gasteiger partial charge in [0.05, 0.1) is 5.69 Å². The molecule has 1 aromatic carbocycles. The van der Waals surface area contributed by atoms with Crippen LogP contribution in [0.15, 0.2) is 18.2 Å². The first-order valence-corrected chi connectivity index (χ1v) is 5.42. The van der Waals surface area contributed by atoms with Crippen molar-refractivity contribution >= 4 is 11.8 Å². The molecule has 0 saturated heterocycles. The highest BCUT2D eigenvalue weighted by Gasteiger charge is 2.18. The monoisotopic (exact) mass is 277 g/mol. The summed E-state index contributed by atoms with van der Waals surface area (Å²) in [6.45, 7) is 1.82. The van der Waals surface area contributed by atoms with Crippen molar-refractivity contribution in [3.63, 3.8) is 0 Å². The molecule has 4 nitrogen and oxygen atoms in total. The number of carbonyl (C=O) groups excluding carboxylic acids is 1. The maximum atomic E-state index is 12.9. The van der Waals surface area contributed by atoms with E-state index in [2.05, 4.69) is 10.1 Å². The predicted molar refractivity (Wildman–Crippen MR) is 62.9 cm³/mol. The van der Waals surface area contributed by atoms with Crippen LogP contribution in [0.1, 0.15) is 20.8 Å². The maximum absolute atomic E-state index is 12.9. The molecule has 0 atom stereocenters. The number of nitrogens with one attached hydrogen (secondary N) is 1. The van der Waals surface area contributed by atoms with E-state index >= 15 is 0 Å². The fourth-order valence-corrected chi connectivity index (χ4v) is 1.21. The molecule has 1 aromatic rings. The Labute approximate surface area is 108 Å². The summed E-state index contributed by atoms with van der Waals surface area (Å²) in [5, 5.41) is 2.21. The van der Waals surface area contributed by atoms with Crippen LogP contribution in [0.4, 0.5) is 23.7 Å². The molecule has 7 heteroatoms. The van der Waals surface area contributed by atoms with Crippen molar-refractivity contribution in [1.82, 2.24) is 0 Å². The van der Waals surface area contributed by atoms with Gasteiger partial charge in [0, 0.05) is 6.07 Å². The molecule has 0 heterocycles. The van der Waals surface area contributed by atoms with E-state index in [9.17, 15) is 18.0 Å². The number of benzene rings is 1. The second-order valence-electron chi connectivity index (χ2n) is 4.65. The van der Waals surface area contributed by atoms with Crippen molar-refractivity contribution < 1.29 is 27.4 Å². The van der Waals surface area contributed by atoms with Gasteiger partial charge in [-0.3, -0.25) is 5.32 Å². The summed E-state index contributed by atoms with van der Waals surface area (Å²) in [5.41, 5.74) is -0.843. The van der Waals surface area contributed by atoms with E-state index in [-0.39, 0.29) is 5.69 Å². The fourth-order valence-electron chi connectivity index (χ4n) is 1.21. The molecule has 1 N–H and O–H groups in total. The average molecular weight is 277 g/mol. The van der Waals surface area contributed by atoms with E-state index in [0.29, 0.717) is 0 Å². The van der Waals surface area contributed by atoms with Crippen molar-refractivity contribution in [1.29, 1.82) is 0 Å². The number of hydrogen-bond donors (Lipinski definition) is 1. The van der Waals surface area contributed by atoms with Gasteiger partial charge in [0.15, 0.2) is 5.75 Å². The van der Waals surface area contributed by atoms with Crippen LogP contribution in [0.25, 0.3) is 0 Å². The van der Waals surface area contributed by atoms with E-state index in [1.165, 1.54) is 0 Å². The molecule has 1 amide bonds. The molecule has 0 aromatic heterocycles. The van der Waals surface area contributed by atoms with Crippen LogP contribution in [-0.4, -0.2) is 18.3 Å². The highest BCUT2D eigenvalue weighted by molar-refractivity contribution is 5.86. The Morgan fingerprint density at radius 1 is 1.32 bits per heavy atom. The Morgan fingerprint density at radius 2 is 1.95 bits per heavy atom. The Bertz CT molecular complexity index is 458. The SMILES string of the molecule is CC(C)(C)OC(=O)Nc1ccc(F)cc1OC(F)F. The zero-order valence-corrected chi connectivity index (χ0v) is 10.7. The fraction of sp³-hybridized carbons (Fsp3) is 0.417. The molecule has 0 spiro atoms. The van der Waals surface area contributed by atoms with Gasteiger partial charge in [-0.25, -0.2) is 9.18 Å². The minimum Gasteiger partial charge on any atom is -0.444 e. The van der Waals surface area contributed by atoms with E-state index in [0.717, 1.165) is 18.2 Å². The van der Waals surface area contributed by atoms with E-state index in [1.807, 2.05) is 0 Å². The van der Waals surface area contributed by atoms with Crippen LogP contribution in [0.3, 0.4) is 0 Å². The Hall–Kier alpha value is -1.92. The van der Waals surface area contributed by atoms with Gasteiger partial charge >= 0.3 is 12.7 Å². The molecule has 0 aliphatic carbocycles. The number of rotatable bonds is 3. The molecule has 0 unspecified atom stereocenters. The standard InChI is InChI=1S/C12H14F3NO3/c1-12(2,3)19-11(17)16-8-5-4-7(13)6-9(8)18-10(14)15/h4-6,10H,1-3H3,(H,16,17). The van der Waals surface area contributed by atoms with Gasteiger partial charge in [0.1, 0.15) is 11.4 Å². The third-order valence-corrected chi connectivity index (χ3v) is 1.80. The summed E-state index contributed by atoms with van der Waals surface area (Å²) in [6.07, 6.45) is -0.849. The van der Waals surface area contributed by atoms with E-state index < -0.39 is 29.9 Å². The van der Waals surface area contributed by atoms with E-state index in [1.54, 1.807) is 20.8 Å². The minimum atomic E-state index is -3.12. The molecule has 19 heavy (non-hydrogen) atoms. The number of carbonyl (C=O) groups is 1. The van der Waals surface area contributed by atoms with Crippen molar-refractivity contribution in [3.8, 4) is 5.75 Å². The van der Waals surface area contributed by atoms with Gasteiger partial charge in [0.2, 0.25) is 0 Å². The van der Waals surface area contributed by atoms with Crippen molar-refractivity contribution in [3.05, 3.63) is 24.0 Å². The van der Waals surface area contributed by atoms with Crippen LogP contribution in [-0.2, 0) is 4.74 Å². The summed E-state index contributed by atoms with van der Waals surface area (Å²) < 4.78 is 46.3. The molecule has 0 aliphatic heterocycles. The molecule has 106 valence electrons. The van der Waals surface area contributed by atoms with E-state index in [4.69, 9.17) is 4.74 Å². The summed E-state index contributed by atoms with van der Waals surface area (Å²) >= 11 is 0. The first-order valence-electron chi connectivity index (χ1n) is 5.42. The topological polar surface area (TPSA) is 47.6 Å². The molecule has 0 bridgehead atoms. The maximum Gasteiger partial charge on any atom is 0.412 e. The molecule has 0 fully saturated rings. The zero-order chi connectivity index (χ0) is 14.6. The average Bonchev–Trinajstić information content (AvgIpc) is 2.18. The lowest BCUT2D eigenvalue weighted by Crippen LogP contribution is -2.27. The highest BCUT2D eigenvalue weighted by atomic mass is 19.3. The first kappa shape index (κ1) is 15.1. The minimum absolute atomic E-state index is 0.101. The quantitative estimate of drug-likeness (QED) is 0.914. The highest BCUT2D eigenvalue weighted by Crippen LogP contribution is 2.27. The molecule has 0 radical (unpaired) electrons. The van der Waals surface area contributed by atoms with Gasteiger partial charge in [-0.2, -0.15) is 8.78 Å². The summed E-state index contributed by atoms with van der Waals surface area (Å²) in [6, 6.07) is 2.86. The third kappa shape index (κ3) is 5.50. The number of hydrogen-bond acceptors (Lipinski definition) is 3. The van der Waals surface area contributed by atoms with Crippen molar-refractivity contribution in [2.24, 2.45) is 0 Å². The second-order valence-corrected chi connectivity index (χ2v) is 4.65. The summed E-state index contributed by atoms with van der Waals surface area (Å²) in [7, 11) is 0. The third-order valence-electron chi connectivity index (χ3n) is 1.80. The van der Waals surface area contributed by atoms with Crippen molar-refractivity contribution in [2.75, 3.05) is 5.32 Å². The summed E-state index contributed by atoms with van der Waals surface area (Å²) in [4.78, 5) is 11.5.